The van der Waals surface area contributed by atoms with Crippen molar-refractivity contribution in [2.75, 3.05) is 26.0 Å². The van der Waals surface area contributed by atoms with Gasteiger partial charge >= 0.3 is 6.18 Å². The average Bonchev–Trinajstić information content (AvgIpc) is 2.80. The Morgan fingerprint density at radius 1 is 1.29 bits per heavy atom. The van der Waals surface area contributed by atoms with Crippen molar-refractivity contribution in [2.24, 2.45) is 0 Å². The zero-order valence-corrected chi connectivity index (χ0v) is 12.0. The molecule has 2 aromatic rings. The summed E-state index contributed by atoms with van der Waals surface area (Å²) in [4.78, 5) is 13.4. The number of anilines is 1. The molecule has 116 valence electrons. The Balaban J connectivity index is 2.22. The van der Waals surface area contributed by atoms with E-state index in [0.717, 1.165) is 4.90 Å². The van der Waals surface area contributed by atoms with Crippen molar-refractivity contribution >= 4 is 17.0 Å². The van der Waals surface area contributed by atoms with Crippen molar-refractivity contribution in [1.82, 2.24) is 24.4 Å². The molecule has 2 heterocycles. The van der Waals surface area contributed by atoms with E-state index in [1.807, 2.05) is 6.92 Å². The highest BCUT2D eigenvalue weighted by Crippen LogP contribution is 2.24. The summed E-state index contributed by atoms with van der Waals surface area (Å²) in [5.41, 5.74) is 1.07. The number of imidazole rings is 1. The van der Waals surface area contributed by atoms with Crippen molar-refractivity contribution in [1.29, 1.82) is 0 Å². The third kappa shape index (κ3) is 3.23. The van der Waals surface area contributed by atoms with Crippen LogP contribution in [0.3, 0.4) is 0 Å². The molecule has 21 heavy (non-hydrogen) atoms. The predicted octanol–water partition coefficient (Wildman–Crippen LogP) is 1.75. The van der Waals surface area contributed by atoms with Crippen LogP contribution in [0.5, 0.6) is 0 Å². The summed E-state index contributed by atoms with van der Waals surface area (Å²) in [6, 6.07) is -1.60. The average molecular weight is 302 g/mol. The van der Waals surface area contributed by atoms with Gasteiger partial charge in [0.25, 0.3) is 0 Å². The first-order valence-corrected chi connectivity index (χ1v) is 6.47. The summed E-state index contributed by atoms with van der Waals surface area (Å²) in [6.45, 7) is 2.31. The minimum Gasteiger partial charge on any atom is -0.366 e. The molecule has 6 nitrogen and oxygen atoms in total. The summed E-state index contributed by atoms with van der Waals surface area (Å²) in [7, 11) is 2.78. The minimum atomic E-state index is -4.31. The van der Waals surface area contributed by atoms with Crippen LogP contribution in [0.2, 0.25) is 0 Å². The molecule has 0 fully saturated rings. The number of halogens is 3. The maximum absolute atomic E-state index is 12.9. The molecular formula is C12H17F3N6. The zero-order chi connectivity index (χ0) is 15.6. The van der Waals surface area contributed by atoms with Crippen LogP contribution in [0.4, 0.5) is 19.0 Å². The van der Waals surface area contributed by atoms with E-state index >= 15 is 0 Å². The summed E-state index contributed by atoms with van der Waals surface area (Å²) in [5.74, 6) is 0.309. The molecule has 0 aliphatic carbocycles. The lowest BCUT2D eigenvalue weighted by atomic mass is 10.2. The maximum atomic E-state index is 12.9. The number of hydrogen-bond acceptors (Lipinski definition) is 5. The lowest BCUT2D eigenvalue weighted by molar-refractivity contribution is -0.173. The molecular weight excluding hydrogens is 285 g/mol. The first-order valence-electron chi connectivity index (χ1n) is 6.47. The highest BCUT2D eigenvalue weighted by atomic mass is 19.4. The van der Waals surface area contributed by atoms with Gasteiger partial charge in [0.2, 0.25) is 0 Å². The molecule has 2 aromatic heterocycles. The number of aromatic nitrogens is 4. The van der Waals surface area contributed by atoms with E-state index in [2.05, 4.69) is 20.3 Å². The number of fused-ring (bicyclic) bond motifs is 1. The molecule has 0 aliphatic rings. The van der Waals surface area contributed by atoms with Crippen LogP contribution in [0.15, 0.2) is 12.7 Å². The van der Waals surface area contributed by atoms with Crippen LogP contribution in [0.1, 0.15) is 6.92 Å². The van der Waals surface area contributed by atoms with Gasteiger partial charge < -0.3 is 9.88 Å². The smallest absolute Gasteiger partial charge is 0.366 e. The van der Waals surface area contributed by atoms with E-state index in [-0.39, 0.29) is 6.54 Å². The molecule has 0 bridgehead atoms. The van der Waals surface area contributed by atoms with E-state index in [9.17, 15) is 13.2 Å². The summed E-state index contributed by atoms with van der Waals surface area (Å²) in [5, 5.41) is 2.72. The van der Waals surface area contributed by atoms with Crippen molar-refractivity contribution in [3.05, 3.63) is 12.7 Å². The van der Waals surface area contributed by atoms with E-state index in [0.29, 0.717) is 23.5 Å². The predicted molar refractivity (Wildman–Crippen MR) is 73.0 cm³/mol. The molecule has 0 saturated heterocycles. The molecule has 0 aromatic carbocycles. The van der Waals surface area contributed by atoms with Gasteiger partial charge in [0.1, 0.15) is 17.9 Å². The second-order valence-electron chi connectivity index (χ2n) is 4.83. The number of likely N-dealkylation sites (N-methyl/N-ethyl adjacent to an activating group) is 1. The fraction of sp³-hybridized carbons (Fsp3) is 0.583. The van der Waals surface area contributed by atoms with Gasteiger partial charge in [-0.3, -0.25) is 4.90 Å². The van der Waals surface area contributed by atoms with Crippen molar-refractivity contribution in [3.63, 3.8) is 0 Å². The molecule has 2 rings (SSSR count). The number of nitrogens with zero attached hydrogens (tertiary/aromatic N) is 5. The van der Waals surface area contributed by atoms with Crippen LogP contribution >= 0.6 is 0 Å². The molecule has 0 radical (unpaired) electrons. The van der Waals surface area contributed by atoms with Crippen molar-refractivity contribution in [2.45, 2.75) is 25.7 Å². The third-order valence-electron chi connectivity index (χ3n) is 3.21. The lowest BCUT2D eigenvalue weighted by Gasteiger charge is -2.26. The molecule has 0 unspecified atom stereocenters. The highest BCUT2D eigenvalue weighted by Gasteiger charge is 2.41. The fourth-order valence-electron chi connectivity index (χ4n) is 2.03. The fourth-order valence-corrected chi connectivity index (χ4v) is 2.03. The molecule has 9 heteroatoms. The van der Waals surface area contributed by atoms with Gasteiger partial charge in [-0.05, 0) is 21.0 Å². The van der Waals surface area contributed by atoms with E-state index in [1.165, 1.54) is 20.4 Å². The van der Waals surface area contributed by atoms with E-state index in [1.54, 1.807) is 10.9 Å². The van der Waals surface area contributed by atoms with Gasteiger partial charge in [-0.2, -0.15) is 13.2 Å². The van der Waals surface area contributed by atoms with E-state index < -0.39 is 12.2 Å². The Kier molecular flexibility index (Phi) is 4.31. The van der Waals surface area contributed by atoms with Crippen LogP contribution in [0, 0.1) is 0 Å². The first-order chi connectivity index (χ1) is 9.84. The Morgan fingerprint density at radius 2 is 2.00 bits per heavy atom. The summed E-state index contributed by atoms with van der Waals surface area (Å²) >= 11 is 0. The number of hydrogen-bond donors (Lipinski definition) is 1. The quantitative estimate of drug-likeness (QED) is 0.912. The Morgan fingerprint density at radius 3 is 2.57 bits per heavy atom. The number of alkyl halides is 3. The largest absolute Gasteiger partial charge is 0.405 e. The highest BCUT2D eigenvalue weighted by molar-refractivity contribution is 5.82. The Bertz CT molecular complexity index is 607. The first kappa shape index (κ1) is 15.5. The third-order valence-corrected chi connectivity index (χ3v) is 3.21. The van der Waals surface area contributed by atoms with Gasteiger partial charge in [0.05, 0.1) is 6.33 Å². The Hall–Kier alpha value is -1.90. The lowest BCUT2D eigenvalue weighted by Crippen LogP contribution is -2.46. The normalized spacial score (nSPS) is 13.9. The van der Waals surface area contributed by atoms with Gasteiger partial charge in [-0.25, -0.2) is 15.0 Å². The summed E-state index contributed by atoms with van der Waals surface area (Å²) < 4.78 is 40.5. The minimum absolute atomic E-state index is 0.304. The van der Waals surface area contributed by atoms with Crippen LogP contribution in [-0.2, 0) is 6.54 Å². The zero-order valence-electron chi connectivity index (χ0n) is 12.0. The van der Waals surface area contributed by atoms with Crippen LogP contribution in [-0.4, -0.2) is 57.3 Å². The molecule has 0 aliphatic heterocycles. The molecule has 0 amide bonds. The van der Waals surface area contributed by atoms with Crippen molar-refractivity contribution < 1.29 is 13.2 Å². The van der Waals surface area contributed by atoms with Gasteiger partial charge in [-0.15, -0.1) is 0 Å². The van der Waals surface area contributed by atoms with Crippen molar-refractivity contribution in [3.8, 4) is 0 Å². The second kappa shape index (κ2) is 5.84. The van der Waals surface area contributed by atoms with Crippen LogP contribution in [0.25, 0.3) is 11.2 Å². The molecule has 1 atom stereocenters. The van der Waals surface area contributed by atoms with Gasteiger partial charge in [0.15, 0.2) is 11.5 Å². The summed E-state index contributed by atoms with van der Waals surface area (Å²) in [6.07, 6.45) is -1.40. The number of aryl methyl sites for hydroxylation is 1. The number of nitrogens with one attached hydrogen (secondary N) is 1. The van der Waals surface area contributed by atoms with E-state index in [4.69, 9.17) is 0 Å². The Labute approximate surface area is 120 Å². The maximum Gasteiger partial charge on any atom is 0.405 e. The number of rotatable bonds is 5. The topological polar surface area (TPSA) is 58.9 Å². The van der Waals surface area contributed by atoms with Crippen LogP contribution < -0.4 is 5.32 Å². The second-order valence-corrected chi connectivity index (χ2v) is 4.83. The monoisotopic (exact) mass is 302 g/mol. The SMILES string of the molecule is CCn1cnc2c(NC[C@@H](N(C)C)C(F)(F)F)ncnc21. The molecule has 0 spiro atoms. The van der Waals surface area contributed by atoms with Gasteiger partial charge in [0, 0.05) is 13.1 Å². The standard InChI is InChI=1S/C12H17F3N6/c1-4-21-7-19-9-10(17-6-18-11(9)21)16-5-8(20(2)3)12(13,14)15/h6-8H,4-5H2,1-3H3,(H,16,17,18)/t8-/m1/s1. The molecule has 0 saturated carbocycles. The van der Waals surface area contributed by atoms with Gasteiger partial charge in [-0.1, -0.05) is 0 Å². The molecule has 1 N–H and O–H groups in total.